The van der Waals surface area contributed by atoms with Crippen LogP contribution in [-0.4, -0.2) is 17.9 Å². The van der Waals surface area contributed by atoms with Gasteiger partial charge >= 0.3 is 5.97 Å². The van der Waals surface area contributed by atoms with E-state index in [2.05, 4.69) is 0 Å². The average Bonchev–Trinajstić information content (AvgIpc) is 1.98. The van der Waals surface area contributed by atoms with Crippen molar-refractivity contribution in [3.63, 3.8) is 0 Å². The van der Waals surface area contributed by atoms with Crippen molar-refractivity contribution in [1.82, 2.24) is 0 Å². The fraction of sp³-hybridized carbons (Fsp3) is 0.500. The van der Waals surface area contributed by atoms with Gasteiger partial charge in [-0.3, -0.25) is 9.59 Å². The van der Waals surface area contributed by atoms with Gasteiger partial charge in [-0.1, -0.05) is 6.08 Å². The van der Waals surface area contributed by atoms with Crippen LogP contribution in [0.5, 0.6) is 0 Å². The van der Waals surface area contributed by atoms with Crippen molar-refractivity contribution in [1.29, 1.82) is 0 Å². The van der Waals surface area contributed by atoms with Crippen molar-refractivity contribution < 1.29 is 14.3 Å². The second kappa shape index (κ2) is 4.02. The molecule has 0 radical (unpaired) electrons. The molecular formula is C8H9IO3. The minimum atomic E-state index is -0.542. The summed E-state index contributed by atoms with van der Waals surface area (Å²) in [6.45, 7) is 1.32. The molecule has 0 spiro atoms. The number of carbonyl (C=O) groups excluding carboxylic acids is 2. The van der Waals surface area contributed by atoms with Gasteiger partial charge in [-0.15, -0.1) is 0 Å². The van der Waals surface area contributed by atoms with Gasteiger partial charge in [0.15, 0.2) is 6.10 Å². The zero-order valence-electron chi connectivity index (χ0n) is 6.67. The predicted molar refractivity (Wildman–Crippen MR) is 51.9 cm³/mol. The summed E-state index contributed by atoms with van der Waals surface area (Å²) in [7, 11) is 0. The summed E-state index contributed by atoms with van der Waals surface area (Å²) in [6, 6.07) is 0. The quantitative estimate of drug-likeness (QED) is 0.541. The number of ether oxygens (including phenoxy) is 1. The third-order valence-corrected chi connectivity index (χ3v) is 2.56. The first kappa shape index (κ1) is 9.70. The summed E-state index contributed by atoms with van der Waals surface area (Å²) < 4.78 is 5.51. The third-order valence-electron chi connectivity index (χ3n) is 1.59. The Kier molecular flexibility index (Phi) is 3.25. The largest absolute Gasteiger partial charge is 0.454 e. The molecule has 0 saturated carbocycles. The van der Waals surface area contributed by atoms with Crippen LogP contribution in [0.1, 0.15) is 19.8 Å². The van der Waals surface area contributed by atoms with E-state index >= 15 is 0 Å². The first-order valence-corrected chi connectivity index (χ1v) is 4.76. The van der Waals surface area contributed by atoms with E-state index in [1.54, 1.807) is 0 Å². The molecule has 0 aromatic heterocycles. The first-order chi connectivity index (χ1) is 5.61. The van der Waals surface area contributed by atoms with E-state index in [1.807, 2.05) is 28.7 Å². The lowest BCUT2D eigenvalue weighted by molar-refractivity contribution is -0.152. The van der Waals surface area contributed by atoms with Crippen LogP contribution in [0, 0.1) is 0 Å². The van der Waals surface area contributed by atoms with Gasteiger partial charge in [0.1, 0.15) is 0 Å². The monoisotopic (exact) mass is 280 g/mol. The number of hydrogen-bond donors (Lipinski definition) is 0. The Bertz CT molecular complexity index is 245. The van der Waals surface area contributed by atoms with E-state index < -0.39 is 6.10 Å². The van der Waals surface area contributed by atoms with E-state index in [9.17, 15) is 9.59 Å². The molecule has 0 aromatic carbocycles. The second-order valence-electron chi connectivity index (χ2n) is 2.59. The standard InChI is InChI=1S/C8H9IO3/c1-5(10)12-7-4-2-3-6(9)8(7)11/h3,7H,2,4H2,1H3. The number of ketones is 1. The van der Waals surface area contributed by atoms with Gasteiger partial charge < -0.3 is 4.74 Å². The normalized spacial score (nSPS) is 23.3. The molecule has 3 nitrogen and oxygen atoms in total. The fourth-order valence-electron chi connectivity index (χ4n) is 1.06. The lowest BCUT2D eigenvalue weighted by atomic mass is 10.0. The number of carbonyl (C=O) groups is 2. The van der Waals surface area contributed by atoms with Crippen LogP contribution in [0.2, 0.25) is 0 Å². The number of esters is 1. The number of hydrogen-bond acceptors (Lipinski definition) is 3. The molecule has 4 heteroatoms. The summed E-state index contributed by atoms with van der Waals surface area (Å²) in [5.41, 5.74) is 0. The van der Waals surface area contributed by atoms with Crippen molar-refractivity contribution in [3.8, 4) is 0 Å². The molecule has 1 aliphatic carbocycles. The van der Waals surface area contributed by atoms with E-state index in [0.29, 0.717) is 10.0 Å². The summed E-state index contributed by atoms with van der Waals surface area (Å²) in [5.74, 6) is -0.462. The first-order valence-electron chi connectivity index (χ1n) is 3.68. The van der Waals surface area contributed by atoms with Crippen molar-refractivity contribution in [2.45, 2.75) is 25.9 Å². The van der Waals surface area contributed by atoms with Gasteiger partial charge in [0.05, 0.1) is 3.58 Å². The molecule has 0 amide bonds. The Morgan fingerprint density at radius 2 is 2.42 bits per heavy atom. The SMILES string of the molecule is CC(=O)OC1CCC=C(I)C1=O. The molecule has 66 valence electrons. The van der Waals surface area contributed by atoms with Crippen molar-refractivity contribution in [2.75, 3.05) is 0 Å². The van der Waals surface area contributed by atoms with Crippen LogP contribution in [0.25, 0.3) is 0 Å². The number of allylic oxidation sites excluding steroid dienone is 1. The minimum absolute atomic E-state index is 0.0722. The summed E-state index contributed by atoms with van der Waals surface area (Å²) in [6.07, 6.45) is 2.75. The van der Waals surface area contributed by atoms with E-state index in [4.69, 9.17) is 4.74 Å². The Morgan fingerprint density at radius 3 is 3.00 bits per heavy atom. The predicted octanol–water partition coefficient (Wildman–Crippen LogP) is 1.60. The van der Waals surface area contributed by atoms with Crippen LogP contribution >= 0.6 is 22.6 Å². The molecule has 1 unspecified atom stereocenters. The maximum Gasteiger partial charge on any atom is 0.303 e. The summed E-state index contributed by atoms with van der Waals surface area (Å²) in [5, 5.41) is 0. The molecule has 1 atom stereocenters. The molecule has 0 aliphatic heterocycles. The molecular weight excluding hydrogens is 271 g/mol. The number of halogens is 1. The Balaban J connectivity index is 2.63. The highest BCUT2D eigenvalue weighted by atomic mass is 127. The van der Waals surface area contributed by atoms with Gasteiger partial charge in [-0.05, 0) is 35.4 Å². The number of Topliss-reactive ketones (excluding diaryl/α,β-unsaturated/α-hetero) is 1. The Hall–Kier alpha value is -0.390. The zero-order valence-corrected chi connectivity index (χ0v) is 8.83. The highest BCUT2D eigenvalue weighted by Gasteiger charge is 2.25. The van der Waals surface area contributed by atoms with Gasteiger partial charge in [0, 0.05) is 6.92 Å². The molecule has 0 aromatic rings. The molecule has 0 fully saturated rings. The molecule has 0 saturated heterocycles. The van der Waals surface area contributed by atoms with Gasteiger partial charge in [0.25, 0.3) is 0 Å². The summed E-state index contributed by atoms with van der Waals surface area (Å²) in [4.78, 5) is 21.9. The minimum Gasteiger partial charge on any atom is -0.454 e. The zero-order chi connectivity index (χ0) is 9.14. The van der Waals surface area contributed by atoms with E-state index in [1.165, 1.54) is 6.92 Å². The highest BCUT2D eigenvalue weighted by molar-refractivity contribution is 14.1. The van der Waals surface area contributed by atoms with Crippen molar-refractivity contribution in [2.24, 2.45) is 0 Å². The van der Waals surface area contributed by atoms with E-state index in [0.717, 1.165) is 6.42 Å². The highest BCUT2D eigenvalue weighted by Crippen LogP contribution is 2.21. The fourth-order valence-corrected chi connectivity index (χ4v) is 1.72. The summed E-state index contributed by atoms with van der Waals surface area (Å²) >= 11 is 1.97. The average molecular weight is 280 g/mol. The van der Waals surface area contributed by atoms with E-state index in [-0.39, 0.29) is 11.8 Å². The third kappa shape index (κ3) is 2.30. The molecule has 0 heterocycles. The van der Waals surface area contributed by atoms with Crippen LogP contribution in [0.15, 0.2) is 9.66 Å². The molecule has 0 N–H and O–H groups in total. The van der Waals surface area contributed by atoms with Crippen LogP contribution < -0.4 is 0 Å². The Labute approximate surface area is 84.3 Å². The lowest BCUT2D eigenvalue weighted by Crippen LogP contribution is -2.28. The van der Waals surface area contributed by atoms with Crippen LogP contribution in [0.4, 0.5) is 0 Å². The topological polar surface area (TPSA) is 43.4 Å². The molecule has 0 bridgehead atoms. The van der Waals surface area contributed by atoms with Crippen LogP contribution in [-0.2, 0) is 14.3 Å². The molecule has 12 heavy (non-hydrogen) atoms. The van der Waals surface area contributed by atoms with Crippen molar-refractivity contribution in [3.05, 3.63) is 9.66 Å². The van der Waals surface area contributed by atoms with Gasteiger partial charge in [-0.25, -0.2) is 0 Å². The Morgan fingerprint density at radius 1 is 1.75 bits per heavy atom. The van der Waals surface area contributed by atoms with Crippen molar-refractivity contribution >= 4 is 34.3 Å². The maximum atomic E-state index is 11.3. The van der Waals surface area contributed by atoms with Gasteiger partial charge in [-0.2, -0.15) is 0 Å². The maximum absolute atomic E-state index is 11.3. The van der Waals surface area contributed by atoms with Crippen LogP contribution in [0.3, 0.4) is 0 Å². The molecule has 1 aliphatic rings. The number of rotatable bonds is 1. The lowest BCUT2D eigenvalue weighted by Gasteiger charge is -2.18. The van der Waals surface area contributed by atoms with Gasteiger partial charge in [0.2, 0.25) is 5.78 Å². The molecule has 1 rings (SSSR count). The second-order valence-corrected chi connectivity index (χ2v) is 3.75. The smallest absolute Gasteiger partial charge is 0.303 e.